The van der Waals surface area contributed by atoms with E-state index in [1.807, 2.05) is 18.2 Å². The summed E-state index contributed by atoms with van der Waals surface area (Å²) >= 11 is 1.51. The summed E-state index contributed by atoms with van der Waals surface area (Å²) < 4.78 is 13.7. The molecular weight excluding hydrogens is 466 g/mol. The first-order valence-electron chi connectivity index (χ1n) is 9.18. The Morgan fingerprint density at radius 1 is 1.16 bits per heavy atom. The molecule has 31 heavy (non-hydrogen) atoms. The van der Waals surface area contributed by atoms with Crippen molar-refractivity contribution in [3.63, 3.8) is 0 Å². The van der Waals surface area contributed by atoms with Gasteiger partial charge in [0.1, 0.15) is 11.6 Å². The van der Waals surface area contributed by atoms with Crippen LogP contribution in [0.3, 0.4) is 0 Å². The van der Waals surface area contributed by atoms with Gasteiger partial charge in [-0.25, -0.2) is 24.1 Å². The van der Waals surface area contributed by atoms with E-state index in [0.717, 1.165) is 15.7 Å². The summed E-state index contributed by atoms with van der Waals surface area (Å²) in [6.45, 7) is 1.18. The Hall–Kier alpha value is -2.56. The van der Waals surface area contributed by atoms with Crippen LogP contribution in [0.1, 0.15) is 12.8 Å². The van der Waals surface area contributed by atoms with Gasteiger partial charge in [0, 0.05) is 37.6 Å². The molecule has 0 radical (unpaired) electrons. The van der Waals surface area contributed by atoms with Crippen LogP contribution in [0.4, 0.5) is 21.2 Å². The smallest absolute Gasteiger partial charge is 0.338 e. The van der Waals surface area contributed by atoms with Crippen LogP contribution >= 0.6 is 36.2 Å². The van der Waals surface area contributed by atoms with Gasteiger partial charge < -0.3 is 15.3 Å². The number of hydrogen-bond acceptors (Lipinski definition) is 8. The second-order valence-corrected chi connectivity index (χ2v) is 7.70. The van der Waals surface area contributed by atoms with E-state index in [-0.39, 0.29) is 24.8 Å². The fraction of sp³-hybridized carbons (Fsp3) is 0.316. The van der Waals surface area contributed by atoms with E-state index in [9.17, 15) is 9.18 Å². The third-order valence-electron chi connectivity index (χ3n) is 4.77. The van der Waals surface area contributed by atoms with Crippen LogP contribution in [0.25, 0.3) is 10.6 Å². The summed E-state index contributed by atoms with van der Waals surface area (Å²) in [4.78, 5) is 31.1. The third-order valence-corrected chi connectivity index (χ3v) is 5.85. The zero-order valence-electron chi connectivity index (χ0n) is 16.2. The highest BCUT2D eigenvalue weighted by Crippen LogP contribution is 2.33. The molecular formula is C19H21Cl2FN6O2S. The molecule has 4 heterocycles. The van der Waals surface area contributed by atoms with Crippen LogP contribution in [-0.4, -0.2) is 50.3 Å². The molecule has 3 aromatic heterocycles. The van der Waals surface area contributed by atoms with Crippen LogP contribution in [0, 0.1) is 5.92 Å². The Morgan fingerprint density at radius 3 is 2.61 bits per heavy atom. The van der Waals surface area contributed by atoms with Gasteiger partial charge >= 0.3 is 5.97 Å². The van der Waals surface area contributed by atoms with Gasteiger partial charge in [-0.1, -0.05) is 17.4 Å². The zero-order chi connectivity index (χ0) is 20.2. The number of nitrogens with zero attached hydrogens (tertiary/aromatic N) is 5. The van der Waals surface area contributed by atoms with Gasteiger partial charge in [-0.05, 0) is 25.0 Å². The molecule has 8 nitrogen and oxygen atoms in total. The van der Waals surface area contributed by atoms with Gasteiger partial charge in [-0.3, -0.25) is 4.98 Å². The fourth-order valence-electron chi connectivity index (χ4n) is 3.25. The summed E-state index contributed by atoms with van der Waals surface area (Å²) in [5, 5.41) is 12.8. The van der Waals surface area contributed by atoms with Crippen LogP contribution in [0.15, 0.2) is 43.0 Å². The van der Waals surface area contributed by atoms with E-state index in [1.54, 1.807) is 24.8 Å². The molecule has 1 atom stereocenters. The standard InChI is InChI=1S/C19H19FN6O2S.2ClH/c20-17(18(27)28)12-4-8-26(9-5-12)19-23-10-14(29-19)13-2-1-3-15(24-13)25-16-11-21-6-7-22-16;;/h1-3,6-7,10-12,17H,4-5,8-9H2,(H,27,28)(H,22,24,25);2*1H. The van der Waals surface area contributed by atoms with Crippen molar-refractivity contribution in [3.8, 4) is 10.6 Å². The number of rotatable bonds is 6. The number of nitrogens with one attached hydrogen (secondary N) is 1. The second kappa shape index (κ2) is 11.2. The van der Waals surface area contributed by atoms with E-state index < -0.39 is 18.1 Å². The molecule has 1 aliphatic heterocycles. The van der Waals surface area contributed by atoms with Gasteiger partial charge in [0.15, 0.2) is 11.3 Å². The first-order valence-corrected chi connectivity index (χ1v) is 10.00. The molecule has 0 amide bonds. The molecule has 0 bridgehead atoms. The van der Waals surface area contributed by atoms with Crippen molar-refractivity contribution in [3.05, 3.63) is 43.0 Å². The highest BCUT2D eigenvalue weighted by molar-refractivity contribution is 7.18. The molecule has 0 aromatic carbocycles. The van der Waals surface area contributed by atoms with Crippen molar-refractivity contribution in [1.29, 1.82) is 0 Å². The minimum absolute atomic E-state index is 0. The Morgan fingerprint density at radius 2 is 1.94 bits per heavy atom. The lowest BCUT2D eigenvalue weighted by Crippen LogP contribution is -2.38. The largest absolute Gasteiger partial charge is 0.479 e. The topological polar surface area (TPSA) is 104 Å². The van der Waals surface area contributed by atoms with E-state index in [2.05, 4.69) is 30.2 Å². The summed E-state index contributed by atoms with van der Waals surface area (Å²) in [5.74, 6) is -0.548. The normalized spacial score (nSPS) is 14.8. The van der Waals surface area contributed by atoms with Crippen LogP contribution in [0.5, 0.6) is 0 Å². The van der Waals surface area contributed by atoms with Crippen LogP contribution in [-0.2, 0) is 4.79 Å². The molecule has 1 aliphatic rings. The van der Waals surface area contributed by atoms with Gasteiger partial charge in [-0.2, -0.15) is 0 Å². The molecule has 1 saturated heterocycles. The summed E-state index contributed by atoms with van der Waals surface area (Å²) in [7, 11) is 0. The third kappa shape index (κ3) is 5.99. The number of aromatic nitrogens is 4. The molecule has 166 valence electrons. The Kier molecular flexibility index (Phi) is 8.90. The fourth-order valence-corrected chi connectivity index (χ4v) is 4.19. The highest BCUT2D eigenvalue weighted by Gasteiger charge is 2.31. The second-order valence-electron chi connectivity index (χ2n) is 6.70. The number of thiazole rings is 1. The van der Waals surface area contributed by atoms with Crippen LogP contribution in [0.2, 0.25) is 0 Å². The van der Waals surface area contributed by atoms with Crippen molar-refractivity contribution in [2.75, 3.05) is 23.3 Å². The van der Waals surface area contributed by atoms with Gasteiger partial charge in [0.05, 0.1) is 16.8 Å². The summed E-state index contributed by atoms with van der Waals surface area (Å²) in [6.07, 6.45) is 5.80. The van der Waals surface area contributed by atoms with Crippen molar-refractivity contribution in [2.45, 2.75) is 19.0 Å². The molecule has 2 N–H and O–H groups in total. The first-order chi connectivity index (χ1) is 14.1. The quantitative estimate of drug-likeness (QED) is 0.533. The highest BCUT2D eigenvalue weighted by atomic mass is 35.5. The SMILES string of the molecule is Cl.Cl.O=C(O)C(F)C1CCN(c2ncc(-c3cccc(Nc4cnccn4)n3)s2)CC1. The lowest BCUT2D eigenvalue weighted by atomic mass is 9.92. The number of hydrogen-bond donors (Lipinski definition) is 2. The van der Waals surface area contributed by atoms with E-state index in [0.29, 0.717) is 37.6 Å². The number of piperidine rings is 1. The number of halogens is 3. The molecule has 4 rings (SSSR count). The summed E-state index contributed by atoms with van der Waals surface area (Å²) in [5.41, 5.74) is 0.784. The number of carboxylic acid groups (broad SMARTS) is 1. The summed E-state index contributed by atoms with van der Waals surface area (Å²) in [6, 6.07) is 5.66. The monoisotopic (exact) mass is 486 g/mol. The van der Waals surface area contributed by atoms with Crippen molar-refractivity contribution in [2.24, 2.45) is 5.92 Å². The van der Waals surface area contributed by atoms with Gasteiger partial charge in [0.2, 0.25) is 0 Å². The Bertz CT molecular complexity index is 988. The first kappa shape index (κ1) is 24.7. The molecule has 3 aromatic rings. The molecule has 0 spiro atoms. The maximum absolute atomic E-state index is 13.7. The zero-order valence-corrected chi connectivity index (χ0v) is 18.7. The molecule has 0 saturated carbocycles. The molecule has 12 heteroatoms. The minimum Gasteiger partial charge on any atom is -0.479 e. The predicted molar refractivity (Wildman–Crippen MR) is 123 cm³/mol. The van der Waals surface area contributed by atoms with Crippen molar-refractivity contribution in [1.82, 2.24) is 19.9 Å². The number of pyridine rings is 1. The Balaban J connectivity index is 0.00000171. The van der Waals surface area contributed by atoms with Gasteiger partial charge in [-0.15, -0.1) is 24.8 Å². The lowest BCUT2D eigenvalue weighted by molar-refractivity contribution is -0.145. The average Bonchev–Trinajstić information content (AvgIpc) is 3.24. The predicted octanol–water partition coefficient (Wildman–Crippen LogP) is 4.22. The van der Waals surface area contributed by atoms with Crippen molar-refractivity contribution >= 4 is 58.9 Å². The minimum atomic E-state index is -1.79. The molecule has 1 unspecified atom stereocenters. The lowest BCUT2D eigenvalue weighted by Gasteiger charge is -2.32. The number of carboxylic acids is 1. The Labute approximate surface area is 194 Å². The molecule has 1 fully saturated rings. The number of anilines is 3. The average molecular weight is 487 g/mol. The van der Waals surface area contributed by atoms with Gasteiger partial charge in [0.25, 0.3) is 0 Å². The van der Waals surface area contributed by atoms with Crippen molar-refractivity contribution < 1.29 is 14.3 Å². The number of carbonyl (C=O) groups is 1. The number of aliphatic carboxylic acids is 1. The molecule has 0 aliphatic carbocycles. The number of alkyl halides is 1. The maximum Gasteiger partial charge on any atom is 0.338 e. The van der Waals surface area contributed by atoms with E-state index in [4.69, 9.17) is 5.11 Å². The van der Waals surface area contributed by atoms with E-state index >= 15 is 0 Å². The van der Waals surface area contributed by atoms with E-state index in [1.165, 1.54) is 11.3 Å². The maximum atomic E-state index is 13.7. The van der Waals surface area contributed by atoms with Crippen LogP contribution < -0.4 is 10.2 Å².